The molecule has 0 saturated heterocycles. The quantitative estimate of drug-likeness (QED) is 0.151. The molecule has 0 aliphatic rings. The molecule has 0 saturated carbocycles. The highest BCUT2D eigenvalue weighted by Crippen LogP contribution is 2.37. The SMILES string of the molecule is CC(C)(C)c1ccc(-c2ccc(C(C)(C)C)cc2)cc1.CC(C)(C)c1ccc(-c2ccc3cc(C(C)(C)C)ccc3c2)cc1.CC(C)(C)c1ccc(C(C)(C)C)cc1.CC(C)(C)c1ccc2cc(C(C)(C)C)ccc2c1.CC(C)(C)c1ccc2cc3ccc(C(C)(C)C)cc3cc2c1. The van der Waals surface area contributed by atoms with E-state index in [1.165, 1.54) is 121 Å². The van der Waals surface area contributed by atoms with Gasteiger partial charge in [0.1, 0.15) is 0 Å². The molecule has 0 amide bonds. The number of fused-ring (bicyclic) bond motifs is 4. The van der Waals surface area contributed by atoms with Gasteiger partial charge in [0.15, 0.2) is 0 Å². The third-order valence-corrected chi connectivity index (χ3v) is 19.3. The second kappa shape index (κ2) is 29.3. The first-order valence-electron chi connectivity index (χ1n) is 36.4. The summed E-state index contributed by atoms with van der Waals surface area (Å²) < 4.78 is 0. The highest BCUT2D eigenvalue weighted by atomic mass is 14.3. The van der Waals surface area contributed by atoms with Crippen molar-refractivity contribution in [3.63, 3.8) is 0 Å². The Kier molecular flexibility index (Phi) is 23.3. The van der Waals surface area contributed by atoms with E-state index in [0.717, 1.165) is 0 Å². The summed E-state index contributed by atoms with van der Waals surface area (Å²) in [5, 5.41) is 10.6. The molecule has 11 aromatic carbocycles. The molecule has 0 atom stereocenters. The zero-order chi connectivity index (χ0) is 73.2. The molecule has 0 aliphatic carbocycles. The molecular weight excluding hydrogens is 1180 g/mol. The van der Waals surface area contributed by atoms with Crippen LogP contribution in [-0.2, 0) is 54.1 Å². The van der Waals surface area contributed by atoms with Crippen molar-refractivity contribution in [1.82, 2.24) is 0 Å². The van der Waals surface area contributed by atoms with Crippen LogP contribution in [0, 0.1) is 0 Å². The number of hydrogen-bond donors (Lipinski definition) is 0. The van der Waals surface area contributed by atoms with Crippen molar-refractivity contribution in [2.24, 2.45) is 0 Å². The molecule has 0 bridgehead atoms. The van der Waals surface area contributed by atoms with Crippen LogP contribution in [0.1, 0.15) is 263 Å². The van der Waals surface area contributed by atoms with Gasteiger partial charge >= 0.3 is 0 Å². The minimum Gasteiger partial charge on any atom is -0.0582 e. The monoisotopic (exact) mass is 1300 g/mol. The van der Waals surface area contributed by atoms with Crippen molar-refractivity contribution in [1.29, 1.82) is 0 Å². The molecule has 0 unspecified atom stereocenters. The van der Waals surface area contributed by atoms with Gasteiger partial charge in [-0.2, -0.15) is 0 Å². The average molecular weight is 1300 g/mol. The van der Waals surface area contributed by atoms with Gasteiger partial charge in [0.25, 0.3) is 0 Å². The predicted octanol–water partition coefficient (Wildman–Crippen LogP) is 29.4. The lowest BCUT2D eigenvalue weighted by Gasteiger charge is -2.23. The molecule has 0 heterocycles. The largest absolute Gasteiger partial charge is 0.0582 e. The first-order valence-corrected chi connectivity index (χ1v) is 36.4. The van der Waals surface area contributed by atoms with Gasteiger partial charge in [-0.15, -0.1) is 0 Å². The Morgan fingerprint density at radius 3 is 0.459 bits per heavy atom. The van der Waals surface area contributed by atoms with Crippen LogP contribution >= 0.6 is 0 Å². The molecule has 0 spiro atoms. The summed E-state index contributed by atoms with van der Waals surface area (Å²) in [6.45, 7) is 67.7. The Labute approximate surface area is 597 Å². The van der Waals surface area contributed by atoms with Crippen LogP contribution in [0.2, 0.25) is 0 Å². The Hall–Kier alpha value is -7.54. The van der Waals surface area contributed by atoms with Gasteiger partial charge < -0.3 is 0 Å². The standard InChI is InChI=1S/C24H28.C22H26.C20H26.C18H24.C14H22/c1-23(2,3)21-12-9-17(10-13-21)18-7-8-20-16-22(24(4,5)6)14-11-19(20)15-18;1-21(2,3)19-9-7-15-11-16-8-10-20(22(4,5)6)14-18(16)12-17(15)13-19;1-19(2,3)17-11-7-15(8-12-17)16-9-13-18(14-10-16)20(4,5)6;1-17(2,3)15-9-7-14-12-16(18(4,5)6)10-8-13(14)11-15;1-13(2,3)11-7-9-12(10-8-11)14(4,5)6/h7-16H,1-6H3;7-14H,1-6H3;7-14H,1-6H3;7-12H,1-6H3;7-10H,1-6H3. The van der Waals surface area contributed by atoms with E-state index in [9.17, 15) is 0 Å². The van der Waals surface area contributed by atoms with Gasteiger partial charge in [-0.25, -0.2) is 0 Å². The lowest BCUT2D eigenvalue weighted by molar-refractivity contribution is 0.577. The second-order valence-electron chi connectivity index (χ2n) is 38.3. The van der Waals surface area contributed by atoms with Gasteiger partial charge in [0.2, 0.25) is 0 Å². The summed E-state index contributed by atoms with van der Waals surface area (Å²) in [6, 6.07) is 81.5. The summed E-state index contributed by atoms with van der Waals surface area (Å²) in [6.07, 6.45) is 0. The van der Waals surface area contributed by atoms with Crippen LogP contribution in [0.15, 0.2) is 218 Å². The Morgan fingerprint density at radius 1 is 0.112 bits per heavy atom. The third kappa shape index (κ3) is 21.2. The van der Waals surface area contributed by atoms with Crippen molar-refractivity contribution in [3.05, 3.63) is 274 Å². The molecule has 98 heavy (non-hydrogen) atoms. The van der Waals surface area contributed by atoms with E-state index >= 15 is 0 Å². The molecule has 0 heteroatoms. The summed E-state index contributed by atoms with van der Waals surface area (Å²) in [4.78, 5) is 0. The van der Waals surface area contributed by atoms with Crippen molar-refractivity contribution in [2.75, 3.05) is 0 Å². The maximum absolute atomic E-state index is 2.35. The molecule has 0 aromatic heterocycles. The van der Waals surface area contributed by atoms with Gasteiger partial charge in [0, 0.05) is 0 Å². The molecule has 0 aliphatic heterocycles. The van der Waals surface area contributed by atoms with E-state index in [2.05, 4.69) is 426 Å². The number of rotatable bonds is 2. The third-order valence-electron chi connectivity index (χ3n) is 19.3. The fourth-order valence-corrected chi connectivity index (χ4v) is 12.0. The highest BCUT2D eigenvalue weighted by molar-refractivity contribution is 5.99. The van der Waals surface area contributed by atoms with Crippen LogP contribution in [0.5, 0.6) is 0 Å². The lowest BCUT2D eigenvalue weighted by Crippen LogP contribution is -2.14. The van der Waals surface area contributed by atoms with E-state index in [-0.39, 0.29) is 54.1 Å². The molecule has 11 aromatic rings. The minimum atomic E-state index is 0.190. The Bertz CT molecular complexity index is 4220. The summed E-state index contributed by atoms with van der Waals surface area (Å²) >= 11 is 0. The van der Waals surface area contributed by atoms with Gasteiger partial charge in [0.05, 0.1) is 0 Å². The van der Waals surface area contributed by atoms with E-state index < -0.39 is 0 Å². The first kappa shape index (κ1) is 77.8. The zero-order valence-corrected chi connectivity index (χ0v) is 66.8. The molecule has 518 valence electrons. The molecular formula is C98H126. The predicted molar refractivity (Wildman–Crippen MR) is 440 cm³/mol. The number of hydrogen-bond acceptors (Lipinski definition) is 0. The fourth-order valence-electron chi connectivity index (χ4n) is 12.0. The Morgan fingerprint density at radius 2 is 0.245 bits per heavy atom. The highest BCUT2D eigenvalue weighted by Gasteiger charge is 2.22. The van der Waals surface area contributed by atoms with Crippen LogP contribution in [0.4, 0.5) is 0 Å². The minimum absolute atomic E-state index is 0.190. The van der Waals surface area contributed by atoms with Crippen LogP contribution < -0.4 is 0 Å². The van der Waals surface area contributed by atoms with E-state index in [1.54, 1.807) is 0 Å². The average Bonchev–Trinajstić information content (AvgIpc) is 0.791. The summed E-state index contributed by atoms with van der Waals surface area (Å²) in [7, 11) is 0. The molecule has 11 rings (SSSR count). The van der Waals surface area contributed by atoms with E-state index in [1.807, 2.05) is 0 Å². The van der Waals surface area contributed by atoms with Crippen molar-refractivity contribution < 1.29 is 0 Å². The topological polar surface area (TPSA) is 0 Å². The number of benzene rings is 11. The van der Waals surface area contributed by atoms with Gasteiger partial charge in [-0.3, -0.25) is 0 Å². The molecule has 0 radical (unpaired) electrons. The van der Waals surface area contributed by atoms with Crippen LogP contribution in [0.25, 0.3) is 65.3 Å². The molecule has 0 N–H and O–H groups in total. The van der Waals surface area contributed by atoms with Crippen molar-refractivity contribution >= 4 is 43.1 Å². The second-order valence-corrected chi connectivity index (χ2v) is 38.3. The maximum Gasteiger partial charge on any atom is -0.0132 e. The maximum atomic E-state index is 2.35. The summed E-state index contributed by atoms with van der Waals surface area (Å²) in [5.41, 5.74) is 21.2. The zero-order valence-electron chi connectivity index (χ0n) is 66.8. The van der Waals surface area contributed by atoms with Crippen LogP contribution in [0.3, 0.4) is 0 Å². The van der Waals surface area contributed by atoms with Gasteiger partial charge in [-0.1, -0.05) is 408 Å². The van der Waals surface area contributed by atoms with E-state index in [0.29, 0.717) is 0 Å². The van der Waals surface area contributed by atoms with E-state index in [4.69, 9.17) is 0 Å². The molecule has 0 fully saturated rings. The van der Waals surface area contributed by atoms with Crippen molar-refractivity contribution in [2.45, 2.75) is 262 Å². The smallest absolute Gasteiger partial charge is 0.0132 e. The lowest BCUT2D eigenvalue weighted by atomic mass is 9.82. The normalized spacial score (nSPS) is 12.8. The Balaban J connectivity index is 0.000000174. The summed E-state index contributed by atoms with van der Waals surface area (Å²) in [5.74, 6) is 0. The van der Waals surface area contributed by atoms with Crippen molar-refractivity contribution in [3.8, 4) is 22.3 Å². The molecule has 0 nitrogen and oxygen atoms in total. The fraction of sp³-hybridized carbons (Fsp3) is 0.408. The first-order chi connectivity index (χ1) is 44.8. The van der Waals surface area contributed by atoms with Gasteiger partial charge in [-0.05, 0) is 193 Å². The van der Waals surface area contributed by atoms with Crippen LogP contribution in [-0.4, -0.2) is 0 Å².